The molecule has 2 fully saturated rings. The lowest BCUT2D eigenvalue weighted by Crippen LogP contribution is -2.48. The van der Waals surface area contributed by atoms with Crippen molar-refractivity contribution in [1.29, 1.82) is 5.26 Å². The Bertz CT molecular complexity index is 1060. The summed E-state index contributed by atoms with van der Waals surface area (Å²) in [4.78, 5) is 30.7. The molecule has 2 unspecified atom stereocenters. The molecule has 0 aromatic carbocycles. The number of hydrogen-bond donors (Lipinski definition) is 0. The van der Waals surface area contributed by atoms with Gasteiger partial charge < -0.3 is 9.64 Å². The molecule has 1 aromatic rings. The third-order valence-corrected chi connectivity index (χ3v) is 7.39. The fourth-order valence-electron chi connectivity index (χ4n) is 4.47. The number of aromatic nitrogens is 1. The van der Waals surface area contributed by atoms with E-state index in [1.165, 1.54) is 11.8 Å². The van der Waals surface area contributed by atoms with E-state index in [-0.39, 0.29) is 29.2 Å². The maximum atomic E-state index is 13.2. The average molecular weight is 489 g/mol. The number of pyridine rings is 1. The second kappa shape index (κ2) is 10.9. The van der Waals surface area contributed by atoms with Gasteiger partial charge >= 0.3 is 0 Å². The summed E-state index contributed by atoms with van der Waals surface area (Å²) in [5, 5.41) is 9.73. The van der Waals surface area contributed by atoms with E-state index >= 15 is 0 Å². The molecule has 0 saturated carbocycles. The molecule has 33 heavy (non-hydrogen) atoms. The van der Waals surface area contributed by atoms with Gasteiger partial charge in [0.05, 0.1) is 17.1 Å². The Kier molecular flexibility index (Phi) is 8.38. The molecular formula is C24H32N4O3S2. The maximum absolute atomic E-state index is 13.2. The summed E-state index contributed by atoms with van der Waals surface area (Å²) in [6.07, 6.45) is 4.83. The first kappa shape index (κ1) is 25.5. The molecule has 1 aromatic heterocycles. The van der Waals surface area contributed by atoms with Crippen LogP contribution in [0.4, 0.5) is 5.82 Å². The number of rotatable bonds is 7. The van der Waals surface area contributed by atoms with Crippen molar-refractivity contribution in [2.45, 2.75) is 72.6 Å². The maximum Gasteiger partial charge on any atom is 0.270 e. The summed E-state index contributed by atoms with van der Waals surface area (Å²) in [5.74, 6) is 0.625. The van der Waals surface area contributed by atoms with Crippen LogP contribution in [0.3, 0.4) is 0 Å². The molecule has 3 heterocycles. The van der Waals surface area contributed by atoms with Gasteiger partial charge in [0.1, 0.15) is 21.8 Å². The Morgan fingerprint density at radius 2 is 1.88 bits per heavy atom. The van der Waals surface area contributed by atoms with E-state index in [1.807, 2.05) is 26.8 Å². The van der Waals surface area contributed by atoms with Gasteiger partial charge in [-0.25, -0.2) is 0 Å². The van der Waals surface area contributed by atoms with Crippen LogP contribution in [0.1, 0.15) is 63.6 Å². The number of anilines is 1. The Morgan fingerprint density at radius 3 is 2.45 bits per heavy atom. The molecule has 9 heteroatoms. The van der Waals surface area contributed by atoms with Crippen LogP contribution in [0.5, 0.6) is 0 Å². The fraction of sp³-hybridized carbons (Fsp3) is 0.583. The number of carbonyl (C=O) groups excluding carboxylic acids is 1. The van der Waals surface area contributed by atoms with E-state index in [9.17, 15) is 14.9 Å². The topological polar surface area (TPSA) is 78.6 Å². The van der Waals surface area contributed by atoms with Crippen LogP contribution in [0.25, 0.3) is 6.08 Å². The lowest BCUT2D eigenvalue weighted by atomic mass is 10.0. The van der Waals surface area contributed by atoms with Gasteiger partial charge in [-0.15, -0.1) is 0 Å². The molecule has 2 atom stereocenters. The molecular weight excluding hydrogens is 456 g/mol. The summed E-state index contributed by atoms with van der Waals surface area (Å²) in [6, 6.07) is 2.08. The molecule has 2 aliphatic rings. The predicted molar refractivity (Wildman–Crippen MR) is 137 cm³/mol. The highest BCUT2D eigenvalue weighted by atomic mass is 32.2. The highest BCUT2D eigenvalue weighted by Crippen LogP contribution is 2.36. The van der Waals surface area contributed by atoms with Gasteiger partial charge in [-0.3, -0.25) is 19.1 Å². The minimum atomic E-state index is -0.302. The monoisotopic (exact) mass is 488 g/mol. The zero-order chi connectivity index (χ0) is 24.3. The first-order valence-electron chi connectivity index (χ1n) is 11.6. The van der Waals surface area contributed by atoms with Crippen molar-refractivity contribution >= 4 is 46.1 Å². The Labute approximate surface area is 205 Å². The predicted octanol–water partition coefficient (Wildman–Crippen LogP) is 4.05. The molecule has 3 rings (SSSR count). The SMILES string of the molecule is CCCCCN1C(=O)/C(=C/c2c(C)c(C#N)c(=O)n(CC)c2N2CC(C)OC(C)C2)SC1=S. The third kappa shape index (κ3) is 5.18. The van der Waals surface area contributed by atoms with Crippen molar-refractivity contribution in [2.75, 3.05) is 24.5 Å². The van der Waals surface area contributed by atoms with Gasteiger partial charge in [0.25, 0.3) is 11.5 Å². The van der Waals surface area contributed by atoms with Crippen molar-refractivity contribution in [2.24, 2.45) is 0 Å². The molecule has 0 N–H and O–H groups in total. The summed E-state index contributed by atoms with van der Waals surface area (Å²) in [6.45, 7) is 12.1. The molecule has 178 valence electrons. The minimum Gasteiger partial charge on any atom is -0.372 e. The van der Waals surface area contributed by atoms with E-state index in [1.54, 1.807) is 16.4 Å². The number of unbranched alkanes of at least 4 members (excludes halogenated alkanes) is 2. The number of thiocarbonyl (C=S) groups is 1. The van der Waals surface area contributed by atoms with Crippen molar-refractivity contribution in [3.8, 4) is 6.07 Å². The highest BCUT2D eigenvalue weighted by molar-refractivity contribution is 8.26. The number of morpholine rings is 1. The molecule has 0 radical (unpaired) electrons. The zero-order valence-corrected chi connectivity index (χ0v) is 21.6. The molecule has 0 bridgehead atoms. The van der Waals surface area contributed by atoms with Crippen molar-refractivity contribution < 1.29 is 9.53 Å². The second-order valence-corrected chi connectivity index (χ2v) is 10.3. The first-order valence-corrected chi connectivity index (χ1v) is 12.8. The molecule has 2 saturated heterocycles. The van der Waals surface area contributed by atoms with Gasteiger partial charge in [0.2, 0.25) is 0 Å². The molecule has 1 amide bonds. The Hall–Kier alpha value is -2.15. The summed E-state index contributed by atoms with van der Waals surface area (Å²) in [7, 11) is 0. The summed E-state index contributed by atoms with van der Waals surface area (Å²) >= 11 is 6.78. The lowest BCUT2D eigenvalue weighted by molar-refractivity contribution is -0.122. The van der Waals surface area contributed by atoms with Crippen molar-refractivity contribution in [3.63, 3.8) is 0 Å². The van der Waals surface area contributed by atoms with E-state index in [0.717, 1.165) is 30.6 Å². The third-order valence-electron chi connectivity index (χ3n) is 6.02. The van der Waals surface area contributed by atoms with Crippen LogP contribution in [0.2, 0.25) is 0 Å². The fourth-order valence-corrected chi connectivity index (χ4v) is 5.76. The molecule has 7 nitrogen and oxygen atoms in total. The van der Waals surface area contributed by atoms with Gasteiger partial charge in [0.15, 0.2) is 0 Å². The first-order chi connectivity index (χ1) is 15.7. The van der Waals surface area contributed by atoms with Crippen LogP contribution < -0.4 is 10.5 Å². The standard InChI is InChI=1S/C24H32N4O3S2/c1-6-8-9-10-28-23(30)20(33-24(28)32)11-18-17(5)19(12-25)22(29)27(7-2)21(18)26-13-15(3)31-16(4)14-26/h11,15-16H,6-10,13-14H2,1-5H3/b20-11-. The van der Waals surface area contributed by atoms with Crippen molar-refractivity contribution in [1.82, 2.24) is 9.47 Å². The van der Waals surface area contributed by atoms with Gasteiger partial charge in [-0.05, 0) is 45.8 Å². The Balaban J connectivity index is 2.15. The van der Waals surface area contributed by atoms with Crippen LogP contribution in [-0.2, 0) is 16.1 Å². The van der Waals surface area contributed by atoms with Gasteiger partial charge in [-0.1, -0.05) is 43.7 Å². The normalized spacial score (nSPS) is 22.4. The second-order valence-electron chi connectivity index (χ2n) is 8.60. The Morgan fingerprint density at radius 1 is 1.21 bits per heavy atom. The van der Waals surface area contributed by atoms with Crippen molar-refractivity contribution in [3.05, 3.63) is 31.9 Å². The average Bonchev–Trinajstić information content (AvgIpc) is 3.02. The van der Waals surface area contributed by atoms with E-state index in [4.69, 9.17) is 17.0 Å². The number of nitrogens with zero attached hydrogens (tertiary/aromatic N) is 4. The van der Waals surface area contributed by atoms with Crippen LogP contribution in [-0.4, -0.2) is 51.5 Å². The smallest absolute Gasteiger partial charge is 0.270 e. The van der Waals surface area contributed by atoms with Gasteiger partial charge in [-0.2, -0.15) is 5.26 Å². The lowest BCUT2D eigenvalue weighted by Gasteiger charge is -2.39. The van der Waals surface area contributed by atoms with Crippen LogP contribution in [0, 0.1) is 18.3 Å². The van der Waals surface area contributed by atoms with E-state index in [2.05, 4.69) is 17.9 Å². The molecule has 0 aliphatic carbocycles. The summed E-state index contributed by atoms with van der Waals surface area (Å²) < 4.78 is 8.10. The van der Waals surface area contributed by atoms with Gasteiger partial charge in [0, 0.05) is 31.7 Å². The molecule has 2 aliphatic heterocycles. The number of carbonyl (C=O) groups is 1. The number of amides is 1. The minimum absolute atomic E-state index is 0.00488. The highest BCUT2D eigenvalue weighted by Gasteiger charge is 2.33. The zero-order valence-electron chi connectivity index (χ0n) is 20.0. The number of thioether (sulfide) groups is 1. The van der Waals surface area contributed by atoms with Crippen LogP contribution in [0.15, 0.2) is 9.70 Å². The molecule has 0 spiro atoms. The number of nitriles is 1. The van der Waals surface area contributed by atoms with E-state index in [0.29, 0.717) is 41.0 Å². The summed E-state index contributed by atoms with van der Waals surface area (Å²) in [5.41, 5.74) is 1.12. The number of ether oxygens (including phenoxy) is 1. The quantitative estimate of drug-likeness (QED) is 0.325. The largest absolute Gasteiger partial charge is 0.372 e. The number of hydrogen-bond acceptors (Lipinski definition) is 7. The van der Waals surface area contributed by atoms with Crippen LogP contribution >= 0.6 is 24.0 Å². The van der Waals surface area contributed by atoms with E-state index < -0.39 is 0 Å².